The summed E-state index contributed by atoms with van der Waals surface area (Å²) in [5.74, 6) is 1.48. The number of aromatic nitrogens is 1. The Morgan fingerprint density at radius 1 is 1.43 bits per heavy atom. The van der Waals surface area contributed by atoms with E-state index >= 15 is 0 Å². The van der Waals surface area contributed by atoms with Crippen molar-refractivity contribution in [2.24, 2.45) is 11.7 Å². The van der Waals surface area contributed by atoms with Gasteiger partial charge in [0.25, 0.3) is 0 Å². The fourth-order valence-corrected chi connectivity index (χ4v) is 3.31. The highest BCUT2D eigenvalue weighted by Gasteiger charge is 2.31. The van der Waals surface area contributed by atoms with E-state index in [-0.39, 0.29) is 11.9 Å². The Hall–Kier alpha value is -1.36. The number of aryl methyl sites for hydroxylation is 2. The molecule has 0 aromatic carbocycles. The fourth-order valence-electron chi connectivity index (χ4n) is 3.31. The van der Waals surface area contributed by atoms with Gasteiger partial charge in [0.1, 0.15) is 5.76 Å². The Bertz CT molecular complexity index is 462. The number of likely N-dealkylation sites (tertiary alicyclic amines) is 1. The summed E-state index contributed by atoms with van der Waals surface area (Å²) in [6.45, 7) is 7.61. The molecule has 1 fully saturated rings. The van der Waals surface area contributed by atoms with Gasteiger partial charge < -0.3 is 15.2 Å². The largest absolute Gasteiger partial charge is 0.361 e. The first kappa shape index (κ1) is 16.0. The summed E-state index contributed by atoms with van der Waals surface area (Å²) in [5.41, 5.74) is 7.78. The monoisotopic (exact) mass is 293 g/mol. The summed E-state index contributed by atoms with van der Waals surface area (Å²) in [6, 6.07) is 0.168. The summed E-state index contributed by atoms with van der Waals surface area (Å²) in [4.78, 5) is 14.7. The molecule has 118 valence electrons. The molecule has 2 atom stereocenters. The van der Waals surface area contributed by atoms with Gasteiger partial charge in [-0.2, -0.15) is 0 Å². The highest BCUT2D eigenvalue weighted by atomic mass is 16.5. The van der Waals surface area contributed by atoms with E-state index in [2.05, 4.69) is 12.1 Å². The van der Waals surface area contributed by atoms with Crippen LogP contribution in [0.2, 0.25) is 0 Å². The van der Waals surface area contributed by atoms with Gasteiger partial charge in [-0.1, -0.05) is 25.9 Å². The zero-order chi connectivity index (χ0) is 15.4. The van der Waals surface area contributed by atoms with Crippen molar-refractivity contribution in [3.05, 3.63) is 17.0 Å². The summed E-state index contributed by atoms with van der Waals surface area (Å²) in [6.07, 6.45) is 4.17. The van der Waals surface area contributed by atoms with E-state index in [1.54, 1.807) is 0 Å². The van der Waals surface area contributed by atoms with Gasteiger partial charge in [-0.25, -0.2) is 0 Å². The molecule has 0 unspecified atom stereocenters. The zero-order valence-corrected chi connectivity index (χ0v) is 13.4. The SMILES string of the molecule is CCc1noc(CC)c1CC(=O)N1CCC[C@H](C)[C@@H]1CN. The summed E-state index contributed by atoms with van der Waals surface area (Å²) >= 11 is 0. The predicted molar refractivity (Wildman–Crippen MR) is 81.9 cm³/mol. The lowest BCUT2D eigenvalue weighted by molar-refractivity contribution is -0.135. The second-order valence-corrected chi connectivity index (χ2v) is 5.92. The third kappa shape index (κ3) is 3.28. The van der Waals surface area contributed by atoms with Gasteiger partial charge in [0.15, 0.2) is 0 Å². The van der Waals surface area contributed by atoms with Crippen molar-refractivity contribution in [3.63, 3.8) is 0 Å². The van der Waals surface area contributed by atoms with Crippen molar-refractivity contribution in [2.75, 3.05) is 13.1 Å². The van der Waals surface area contributed by atoms with E-state index in [9.17, 15) is 4.79 Å². The lowest BCUT2D eigenvalue weighted by atomic mass is 9.90. The molecular formula is C16H27N3O2. The molecule has 21 heavy (non-hydrogen) atoms. The van der Waals surface area contributed by atoms with Crippen molar-refractivity contribution in [2.45, 2.75) is 58.9 Å². The number of rotatable bonds is 5. The maximum absolute atomic E-state index is 12.7. The molecule has 2 N–H and O–H groups in total. The highest BCUT2D eigenvalue weighted by molar-refractivity contribution is 5.79. The van der Waals surface area contributed by atoms with E-state index in [0.29, 0.717) is 18.9 Å². The zero-order valence-electron chi connectivity index (χ0n) is 13.4. The number of nitrogens with two attached hydrogens (primary N) is 1. The molecule has 0 radical (unpaired) electrons. The number of piperidine rings is 1. The van der Waals surface area contributed by atoms with Gasteiger partial charge in [0.2, 0.25) is 5.91 Å². The van der Waals surface area contributed by atoms with Gasteiger partial charge in [-0.3, -0.25) is 4.79 Å². The second-order valence-electron chi connectivity index (χ2n) is 5.92. The van der Waals surface area contributed by atoms with Crippen LogP contribution in [0.3, 0.4) is 0 Å². The predicted octanol–water partition coefficient (Wildman–Crippen LogP) is 1.93. The third-order valence-corrected chi connectivity index (χ3v) is 4.61. The average Bonchev–Trinajstić information content (AvgIpc) is 2.88. The Labute approximate surface area is 126 Å². The first-order chi connectivity index (χ1) is 10.1. The van der Waals surface area contributed by atoms with Crippen molar-refractivity contribution >= 4 is 5.91 Å². The Kier molecular flexibility index (Phi) is 5.39. The average molecular weight is 293 g/mol. The Morgan fingerprint density at radius 3 is 2.81 bits per heavy atom. The minimum Gasteiger partial charge on any atom is -0.361 e. The molecule has 1 aromatic rings. The van der Waals surface area contributed by atoms with E-state index in [1.165, 1.54) is 0 Å². The molecule has 2 rings (SSSR count). The molecule has 5 nitrogen and oxygen atoms in total. The van der Waals surface area contributed by atoms with Crippen LogP contribution >= 0.6 is 0 Å². The first-order valence-electron chi connectivity index (χ1n) is 8.08. The molecule has 1 aromatic heterocycles. The van der Waals surface area contributed by atoms with Gasteiger partial charge in [-0.15, -0.1) is 0 Å². The highest BCUT2D eigenvalue weighted by Crippen LogP contribution is 2.24. The van der Waals surface area contributed by atoms with E-state index in [0.717, 1.165) is 49.2 Å². The first-order valence-corrected chi connectivity index (χ1v) is 8.08. The van der Waals surface area contributed by atoms with Crippen LogP contribution in [-0.4, -0.2) is 35.1 Å². The molecule has 1 aliphatic rings. The molecule has 0 spiro atoms. The van der Waals surface area contributed by atoms with E-state index in [1.807, 2.05) is 18.7 Å². The minimum absolute atomic E-state index is 0.157. The van der Waals surface area contributed by atoms with Crippen LogP contribution in [0.1, 0.15) is 50.6 Å². The fraction of sp³-hybridized carbons (Fsp3) is 0.750. The van der Waals surface area contributed by atoms with Gasteiger partial charge >= 0.3 is 0 Å². The van der Waals surface area contributed by atoms with Crippen molar-refractivity contribution in [1.29, 1.82) is 0 Å². The normalized spacial score (nSPS) is 22.6. The lowest BCUT2D eigenvalue weighted by Crippen LogP contribution is -2.51. The number of hydrogen-bond donors (Lipinski definition) is 1. The van der Waals surface area contributed by atoms with Crippen LogP contribution in [0.4, 0.5) is 0 Å². The maximum atomic E-state index is 12.7. The molecule has 1 aliphatic heterocycles. The van der Waals surface area contributed by atoms with E-state index < -0.39 is 0 Å². The van der Waals surface area contributed by atoms with Gasteiger partial charge in [0.05, 0.1) is 12.1 Å². The Balaban J connectivity index is 2.15. The second kappa shape index (κ2) is 7.07. The number of hydrogen-bond acceptors (Lipinski definition) is 4. The smallest absolute Gasteiger partial charge is 0.227 e. The number of carbonyl (C=O) groups excluding carboxylic acids is 1. The Morgan fingerprint density at radius 2 is 2.19 bits per heavy atom. The maximum Gasteiger partial charge on any atom is 0.227 e. The third-order valence-electron chi connectivity index (χ3n) is 4.61. The van der Waals surface area contributed by atoms with Crippen LogP contribution in [0.5, 0.6) is 0 Å². The quantitative estimate of drug-likeness (QED) is 0.900. The molecule has 2 heterocycles. The molecular weight excluding hydrogens is 266 g/mol. The van der Waals surface area contributed by atoms with Gasteiger partial charge in [0, 0.05) is 31.1 Å². The van der Waals surface area contributed by atoms with Crippen molar-refractivity contribution in [1.82, 2.24) is 10.1 Å². The molecule has 1 saturated heterocycles. The van der Waals surface area contributed by atoms with Crippen LogP contribution in [0.25, 0.3) is 0 Å². The summed E-state index contributed by atoms with van der Waals surface area (Å²) in [7, 11) is 0. The van der Waals surface area contributed by atoms with Crippen LogP contribution in [0.15, 0.2) is 4.52 Å². The van der Waals surface area contributed by atoms with Crippen molar-refractivity contribution in [3.8, 4) is 0 Å². The summed E-state index contributed by atoms with van der Waals surface area (Å²) in [5, 5.41) is 4.09. The molecule has 1 amide bonds. The molecule has 0 bridgehead atoms. The number of carbonyl (C=O) groups is 1. The lowest BCUT2D eigenvalue weighted by Gasteiger charge is -2.39. The van der Waals surface area contributed by atoms with Crippen LogP contribution in [-0.2, 0) is 24.1 Å². The van der Waals surface area contributed by atoms with Crippen molar-refractivity contribution < 1.29 is 9.32 Å². The number of nitrogens with zero attached hydrogens (tertiary/aromatic N) is 2. The van der Waals surface area contributed by atoms with Crippen LogP contribution in [0, 0.1) is 5.92 Å². The standard InChI is InChI=1S/C16H27N3O2/c1-4-13-12(15(5-2)21-18-13)9-16(20)19-8-6-7-11(3)14(19)10-17/h11,14H,4-10,17H2,1-3H3/t11-,14-/m0/s1. The van der Waals surface area contributed by atoms with Crippen LogP contribution < -0.4 is 5.73 Å². The van der Waals surface area contributed by atoms with E-state index in [4.69, 9.17) is 10.3 Å². The molecule has 0 aliphatic carbocycles. The van der Waals surface area contributed by atoms with Gasteiger partial charge in [-0.05, 0) is 25.2 Å². The summed E-state index contributed by atoms with van der Waals surface area (Å²) < 4.78 is 5.35. The number of amides is 1. The topological polar surface area (TPSA) is 72.4 Å². The molecule has 0 saturated carbocycles. The molecule has 5 heteroatoms. The minimum atomic E-state index is 0.157.